The monoisotopic (exact) mass is 260 g/mol. The molecular weight excluding hydrogens is 240 g/mol. The van der Waals surface area contributed by atoms with Crippen LogP contribution < -0.4 is 0 Å². The van der Waals surface area contributed by atoms with Gasteiger partial charge in [0, 0.05) is 26.2 Å². The minimum absolute atomic E-state index is 0.0120. The van der Waals surface area contributed by atoms with Crippen LogP contribution in [0.4, 0.5) is 0 Å². The molecule has 1 fully saturated rings. The predicted octanol–water partition coefficient (Wildman–Crippen LogP) is 1.69. The molecule has 2 rings (SSSR count). The molecule has 2 amide bonds. The van der Waals surface area contributed by atoms with Gasteiger partial charge in [-0.3, -0.25) is 9.59 Å². The van der Waals surface area contributed by atoms with Crippen LogP contribution in [0.3, 0.4) is 0 Å². The molecule has 4 heteroatoms. The van der Waals surface area contributed by atoms with E-state index in [1.165, 1.54) is 0 Å². The third-order valence-electron chi connectivity index (χ3n) is 3.54. The van der Waals surface area contributed by atoms with Gasteiger partial charge in [0.15, 0.2) is 0 Å². The topological polar surface area (TPSA) is 40.6 Å². The number of nitrogens with zero attached hydrogens (tertiary/aromatic N) is 2. The maximum absolute atomic E-state index is 12.5. The van der Waals surface area contributed by atoms with Gasteiger partial charge in [-0.25, -0.2) is 0 Å². The first-order chi connectivity index (χ1) is 9.00. The molecule has 4 nitrogen and oxygen atoms in total. The molecule has 1 aromatic rings. The van der Waals surface area contributed by atoms with E-state index in [-0.39, 0.29) is 17.9 Å². The molecule has 0 saturated carbocycles. The van der Waals surface area contributed by atoms with Crippen molar-refractivity contribution in [3.63, 3.8) is 0 Å². The second-order valence-corrected chi connectivity index (χ2v) is 5.26. The molecule has 1 atom stereocenters. The van der Waals surface area contributed by atoms with Crippen LogP contribution in [0.15, 0.2) is 24.3 Å². The van der Waals surface area contributed by atoms with Crippen molar-refractivity contribution in [3.8, 4) is 0 Å². The van der Waals surface area contributed by atoms with Crippen LogP contribution in [0.1, 0.15) is 28.8 Å². The Labute approximate surface area is 114 Å². The van der Waals surface area contributed by atoms with Gasteiger partial charge in [-0.15, -0.1) is 0 Å². The number of rotatable bonds is 2. The van der Waals surface area contributed by atoms with E-state index in [9.17, 15) is 9.59 Å². The molecule has 0 aromatic heterocycles. The van der Waals surface area contributed by atoms with Crippen molar-refractivity contribution in [2.45, 2.75) is 25.8 Å². The van der Waals surface area contributed by atoms with Crippen molar-refractivity contribution in [3.05, 3.63) is 35.4 Å². The number of likely N-dealkylation sites (N-methyl/N-ethyl adjacent to an activating group) is 1. The molecule has 0 aliphatic carbocycles. The average Bonchev–Trinajstić information content (AvgIpc) is 2.86. The highest BCUT2D eigenvalue weighted by atomic mass is 16.2. The molecule has 0 spiro atoms. The lowest BCUT2D eigenvalue weighted by Gasteiger charge is -2.26. The number of benzene rings is 1. The molecule has 0 radical (unpaired) electrons. The van der Waals surface area contributed by atoms with Crippen LogP contribution >= 0.6 is 0 Å². The first-order valence-corrected chi connectivity index (χ1v) is 6.59. The maximum atomic E-state index is 12.5. The van der Waals surface area contributed by atoms with E-state index >= 15 is 0 Å². The standard InChI is InChI=1S/C15H20N2O2/c1-11-6-8-12(9-7-11)14(18)17-10-4-5-13(17)15(19)16(2)3/h6-9,13H,4-5,10H2,1-3H3/t13-/m0/s1. The van der Waals surface area contributed by atoms with Crippen molar-refractivity contribution in [2.75, 3.05) is 20.6 Å². The lowest BCUT2D eigenvalue weighted by Crippen LogP contribution is -2.45. The van der Waals surface area contributed by atoms with E-state index in [1.54, 1.807) is 23.9 Å². The summed E-state index contributed by atoms with van der Waals surface area (Å²) in [5.41, 5.74) is 1.78. The normalized spacial score (nSPS) is 18.5. The number of hydrogen-bond donors (Lipinski definition) is 0. The fraction of sp³-hybridized carbons (Fsp3) is 0.467. The van der Waals surface area contributed by atoms with Crippen LogP contribution in [0.2, 0.25) is 0 Å². The van der Waals surface area contributed by atoms with Gasteiger partial charge < -0.3 is 9.80 Å². The smallest absolute Gasteiger partial charge is 0.254 e. The van der Waals surface area contributed by atoms with Crippen LogP contribution in [0.5, 0.6) is 0 Å². The average molecular weight is 260 g/mol. The van der Waals surface area contributed by atoms with Gasteiger partial charge in [-0.1, -0.05) is 17.7 Å². The number of carbonyl (C=O) groups excluding carboxylic acids is 2. The largest absolute Gasteiger partial charge is 0.347 e. The van der Waals surface area contributed by atoms with Crippen molar-refractivity contribution < 1.29 is 9.59 Å². The third kappa shape index (κ3) is 2.78. The minimum Gasteiger partial charge on any atom is -0.347 e. The summed E-state index contributed by atoms with van der Waals surface area (Å²) in [5, 5.41) is 0. The van der Waals surface area contributed by atoms with Gasteiger partial charge in [0.1, 0.15) is 6.04 Å². The van der Waals surface area contributed by atoms with Gasteiger partial charge in [-0.05, 0) is 31.9 Å². The summed E-state index contributed by atoms with van der Waals surface area (Å²) in [5.74, 6) is -0.0318. The molecule has 102 valence electrons. The highest BCUT2D eigenvalue weighted by molar-refractivity contribution is 5.97. The molecule has 0 unspecified atom stereocenters. The summed E-state index contributed by atoms with van der Waals surface area (Å²) in [6, 6.07) is 7.20. The Morgan fingerprint density at radius 1 is 1.21 bits per heavy atom. The van der Waals surface area contributed by atoms with Gasteiger partial charge in [0.25, 0.3) is 5.91 Å². The van der Waals surface area contributed by atoms with Crippen molar-refractivity contribution in [2.24, 2.45) is 0 Å². The van der Waals surface area contributed by atoms with Gasteiger partial charge in [-0.2, -0.15) is 0 Å². The highest BCUT2D eigenvalue weighted by Crippen LogP contribution is 2.21. The molecule has 1 aliphatic rings. The molecular formula is C15H20N2O2. The Hall–Kier alpha value is -1.84. The van der Waals surface area contributed by atoms with Gasteiger partial charge >= 0.3 is 0 Å². The fourth-order valence-electron chi connectivity index (χ4n) is 2.43. The van der Waals surface area contributed by atoms with Crippen LogP contribution in [-0.4, -0.2) is 48.3 Å². The Kier molecular flexibility index (Phi) is 3.88. The molecule has 19 heavy (non-hydrogen) atoms. The number of likely N-dealkylation sites (tertiary alicyclic amines) is 1. The molecule has 1 aromatic carbocycles. The summed E-state index contributed by atoms with van der Waals surface area (Å²) in [7, 11) is 3.46. The number of hydrogen-bond acceptors (Lipinski definition) is 2. The predicted molar refractivity (Wildman–Crippen MR) is 73.9 cm³/mol. The van der Waals surface area contributed by atoms with E-state index in [0.29, 0.717) is 12.1 Å². The SMILES string of the molecule is Cc1ccc(C(=O)N2CCC[C@H]2C(=O)N(C)C)cc1. The van der Waals surface area contributed by atoms with Crippen LogP contribution in [0.25, 0.3) is 0 Å². The summed E-state index contributed by atoms with van der Waals surface area (Å²) >= 11 is 0. The van der Waals surface area contributed by atoms with E-state index in [2.05, 4.69) is 0 Å². The number of amides is 2. The second kappa shape index (κ2) is 5.43. The first-order valence-electron chi connectivity index (χ1n) is 6.59. The quantitative estimate of drug-likeness (QED) is 0.812. The zero-order valence-corrected chi connectivity index (χ0v) is 11.7. The summed E-state index contributed by atoms with van der Waals surface area (Å²) in [6.07, 6.45) is 1.65. The Morgan fingerprint density at radius 2 is 1.84 bits per heavy atom. The lowest BCUT2D eigenvalue weighted by molar-refractivity contribution is -0.132. The van der Waals surface area contributed by atoms with Crippen LogP contribution in [-0.2, 0) is 4.79 Å². The molecule has 1 saturated heterocycles. The second-order valence-electron chi connectivity index (χ2n) is 5.26. The van der Waals surface area contributed by atoms with E-state index in [0.717, 1.165) is 18.4 Å². The van der Waals surface area contributed by atoms with Crippen molar-refractivity contribution in [1.82, 2.24) is 9.80 Å². The first kappa shape index (κ1) is 13.6. The fourth-order valence-corrected chi connectivity index (χ4v) is 2.43. The van der Waals surface area contributed by atoms with E-state index in [4.69, 9.17) is 0 Å². The van der Waals surface area contributed by atoms with Gasteiger partial charge in [0.05, 0.1) is 0 Å². The Morgan fingerprint density at radius 3 is 2.42 bits per heavy atom. The number of aryl methyl sites for hydroxylation is 1. The molecule has 0 N–H and O–H groups in total. The zero-order valence-electron chi connectivity index (χ0n) is 11.7. The highest BCUT2D eigenvalue weighted by Gasteiger charge is 2.35. The van der Waals surface area contributed by atoms with Crippen molar-refractivity contribution in [1.29, 1.82) is 0 Å². The Balaban J connectivity index is 2.18. The third-order valence-corrected chi connectivity index (χ3v) is 3.54. The lowest BCUT2D eigenvalue weighted by atomic mass is 10.1. The number of carbonyl (C=O) groups is 2. The molecule has 1 aliphatic heterocycles. The van der Waals surface area contributed by atoms with E-state index in [1.807, 2.05) is 31.2 Å². The summed E-state index contributed by atoms with van der Waals surface area (Å²) in [6.45, 7) is 2.65. The summed E-state index contributed by atoms with van der Waals surface area (Å²) < 4.78 is 0. The van der Waals surface area contributed by atoms with Gasteiger partial charge in [0.2, 0.25) is 5.91 Å². The minimum atomic E-state index is -0.302. The molecule has 1 heterocycles. The zero-order chi connectivity index (χ0) is 14.0. The van der Waals surface area contributed by atoms with E-state index < -0.39 is 0 Å². The Bertz CT molecular complexity index is 479. The maximum Gasteiger partial charge on any atom is 0.254 e. The molecule has 0 bridgehead atoms. The summed E-state index contributed by atoms with van der Waals surface area (Å²) in [4.78, 5) is 27.8. The van der Waals surface area contributed by atoms with Crippen LogP contribution in [0, 0.1) is 6.92 Å². The van der Waals surface area contributed by atoms with Crippen molar-refractivity contribution >= 4 is 11.8 Å².